The Morgan fingerprint density at radius 1 is 1.64 bits per heavy atom. The molecule has 0 aliphatic carbocycles. The Balaban J connectivity index is 2.70. The molecule has 2 heterocycles. The van der Waals surface area contributed by atoms with Crippen LogP contribution in [-0.2, 0) is 4.74 Å². The second kappa shape index (κ2) is 3.56. The standard InChI is InChI=1S/C9H7IN2O2/c1-14-9(13)8-7-5(2-3-11-8)4-6(10)12-7/h2-4,12H,1H3. The molecule has 0 spiro atoms. The predicted octanol–water partition coefficient (Wildman–Crippen LogP) is 1.95. The molecule has 0 bridgehead atoms. The number of hydrogen-bond donors (Lipinski definition) is 1. The molecule has 1 N–H and O–H groups in total. The van der Waals surface area contributed by atoms with Crippen LogP contribution in [0.15, 0.2) is 18.3 Å². The Kier molecular flexibility index (Phi) is 2.40. The number of nitrogens with one attached hydrogen (secondary N) is 1. The van der Waals surface area contributed by atoms with Crippen molar-refractivity contribution in [2.45, 2.75) is 0 Å². The van der Waals surface area contributed by atoms with E-state index in [0.29, 0.717) is 5.69 Å². The van der Waals surface area contributed by atoms with Crippen LogP contribution in [-0.4, -0.2) is 23.0 Å². The predicted molar refractivity (Wildman–Crippen MR) is 60.2 cm³/mol. The molecule has 2 aromatic rings. The molecule has 5 heteroatoms. The van der Waals surface area contributed by atoms with Crippen molar-refractivity contribution < 1.29 is 9.53 Å². The SMILES string of the molecule is COC(=O)c1nccc2cc(I)[nH]c12. The third kappa shape index (κ3) is 1.47. The number of ether oxygens (including phenoxy) is 1. The molecule has 0 saturated carbocycles. The van der Waals surface area contributed by atoms with Crippen LogP contribution in [0, 0.1) is 3.70 Å². The third-order valence-electron chi connectivity index (χ3n) is 1.89. The summed E-state index contributed by atoms with van der Waals surface area (Å²) in [5.41, 5.74) is 1.05. The van der Waals surface area contributed by atoms with Gasteiger partial charge in [-0.2, -0.15) is 0 Å². The summed E-state index contributed by atoms with van der Waals surface area (Å²) in [6.07, 6.45) is 1.60. The fraction of sp³-hybridized carbons (Fsp3) is 0.111. The van der Waals surface area contributed by atoms with E-state index in [-0.39, 0.29) is 0 Å². The lowest BCUT2D eigenvalue weighted by Crippen LogP contribution is -2.04. The summed E-state index contributed by atoms with van der Waals surface area (Å²) < 4.78 is 5.60. The van der Waals surface area contributed by atoms with E-state index >= 15 is 0 Å². The van der Waals surface area contributed by atoms with E-state index in [0.717, 1.165) is 14.6 Å². The molecule has 4 nitrogen and oxygen atoms in total. The Bertz CT molecular complexity index is 493. The van der Waals surface area contributed by atoms with Gasteiger partial charge < -0.3 is 9.72 Å². The van der Waals surface area contributed by atoms with Gasteiger partial charge in [0.2, 0.25) is 0 Å². The summed E-state index contributed by atoms with van der Waals surface area (Å²) in [4.78, 5) is 18.4. The van der Waals surface area contributed by atoms with Gasteiger partial charge in [-0.15, -0.1) is 0 Å². The molecule has 0 fully saturated rings. The fourth-order valence-electron chi connectivity index (χ4n) is 1.27. The topological polar surface area (TPSA) is 55.0 Å². The maximum Gasteiger partial charge on any atom is 0.358 e. The van der Waals surface area contributed by atoms with Crippen LogP contribution in [0.3, 0.4) is 0 Å². The largest absolute Gasteiger partial charge is 0.464 e. The van der Waals surface area contributed by atoms with Crippen molar-refractivity contribution >= 4 is 39.5 Å². The van der Waals surface area contributed by atoms with Crippen molar-refractivity contribution in [3.05, 3.63) is 27.7 Å². The molecule has 0 amide bonds. The number of esters is 1. The van der Waals surface area contributed by atoms with Gasteiger partial charge in [-0.25, -0.2) is 9.78 Å². The number of aromatic nitrogens is 2. The number of rotatable bonds is 1. The highest BCUT2D eigenvalue weighted by Gasteiger charge is 2.13. The molecule has 0 aliphatic rings. The number of carbonyl (C=O) groups excluding carboxylic acids is 1. The van der Waals surface area contributed by atoms with Crippen LogP contribution < -0.4 is 0 Å². The molecule has 14 heavy (non-hydrogen) atoms. The molecule has 0 radical (unpaired) electrons. The molecule has 0 atom stereocenters. The highest BCUT2D eigenvalue weighted by molar-refractivity contribution is 14.1. The number of hydrogen-bond acceptors (Lipinski definition) is 3. The van der Waals surface area contributed by atoms with Crippen LogP contribution in [0.5, 0.6) is 0 Å². The highest BCUT2D eigenvalue weighted by atomic mass is 127. The van der Waals surface area contributed by atoms with Gasteiger partial charge in [0.1, 0.15) is 0 Å². The summed E-state index contributed by atoms with van der Waals surface area (Å²) in [5.74, 6) is -0.422. The smallest absolute Gasteiger partial charge is 0.358 e. The monoisotopic (exact) mass is 302 g/mol. The van der Waals surface area contributed by atoms with E-state index in [1.807, 2.05) is 12.1 Å². The van der Waals surface area contributed by atoms with Gasteiger partial charge in [0.05, 0.1) is 16.3 Å². The van der Waals surface area contributed by atoms with Crippen molar-refractivity contribution in [1.29, 1.82) is 0 Å². The van der Waals surface area contributed by atoms with Crippen molar-refractivity contribution in [3.8, 4) is 0 Å². The van der Waals surface area contributed by atoms with Crippen LogP contribution >= 0.6 is 22.6 Å². The zero-order valence-electron chi connectivity index (χ0n) is 7.37. The number of H-pyrrole nitrogens is 1. The average molecular weight is 302 g/mol. The summed E-state index contributed by atoms with van der Waals surface area (Å²) >= 11 is 2.15. The van der Waals surface area contributed by atoms with Crippen molar-refractivity contribution in [2.75, 3.05) is 7.11 Å². The van der Waals surface area contributed by atoms with E-state index in [1.54, 1.807) is 6.20 Å². The van der Waals surface area contributed by atoms with E-state index in [2.05, 4.69) is 37.3 Å². The maximum atomic E-state index is 11.3. The Morgan fingerprint density at radius 3 is 3.14 bits per heavy atom. The second-order valence-electron chi connectivity index (χ2n) is 2.73. The molecule has 0 aromatic carbocycles. The van der Waals surface area contributed by atoms with Gasteiger partial charge >= 0.3 is 5.97 Å². The molecule has 0 unspecified atom stereocenters. The lowest BCUT2D eigenvalue weighted by atomic mass is 10.2. The molecule has 2 aromatic heterocycles. The lowest BCUT2D eigenvalue weighted by molar-refractivity contribution is 0.0596. The van der Waals surface area contributed by atoms with Crippen molar-refractivity contribution in [1.82, 2.24) is 9.97 Å². The Labute approximate surface area is 93.8 Å². The van der Waals surface area contributed by atoms with Gasteiger partial charge in [0.15, 0.2) is 5.69 Å². The summed E-state index contributed by atoms with van der Waals surface area (Å²) in [7, 11) is 1.34. The lowest BCUT2D eigenvalue weighted by Gasteiger charge is -1.98. The fourth-order valence-corrected chi connectivity index (χ4v) is 1.88. The zero-order valence-corrected chi connectivity index (χ0v) is 9.53. The van der Waals surface area contributed by atoms with E-state index < -0.39 is 5.97 Å². The van der Waals surface area contributed by atoms with Crippen LogP contribution in [0.25, 0.3) is 10.9 Å². The molecule has 72 valence electrons. The molecular formula is C9H7IN2O2. The van der Waals surface area contributed by atoms with Gasteiger partial charge in [0.25, 0.3) is 0 Å². The number of pyridine rings is 1. The normalized spacial score (nSPS) is 10.4. The number of fused-ring (bicyclic) bond motifs is 1. The number of halogens is 1. The molecule has 0 saturated heterocycles. The van der Waals surface area contributed by atoms with E-state index in [4.69, 9.17) is 0 Å². The minimum Gasteiger partial charge on any atom is -0.464 e. The molecular weight excluding hydrogens is 295 g/mol. The van der Waals surface area contributed by atoms with E-state index in [1.165, 1.54) is 7.11 Å². The van der Waals surface area contributed by atoms with Crippen molar-refractivity contribution in [3.63, 3.8) is 0 Å². The first-order valence-corrected chi connectivity index (χ1v) is 5.02. The van der Waals surface area contributed by atoms with Crippen LogP contribution in [0.4, 0.5) is 0 Å². The Hall–Kier alpha value is -1.11. The average Bonchev–Trinajstić information content (AvgIpc) is 2.56. The summed E-state index contributed by atoms with van der Waals surface area (Å²) in [6.45, 7) is 0. The van der Waals surface area contributed by atoms with E-state index in [9.17, 15) is 4.79 Å². The number of methoxy groups -OCH3 is 1. The zero-order chi connectivity index (χ0) is 10.1. The molecule has 2 rings (SSSR count). The number of aromatic amines is 1. The van der Waals surface area contributed by atoms with Crippen LogP contribution in [0.1, 0.15) is 10.5 Å². The quantitative estimate of drug-likeness (QED) is 0.647. The number of nitrogens with zero attached hydrogens (tertiary/aromatic N) is 1. The van der Waals surface area contributed by atoms with Gasteiger partial charge in [0, 0.05) is 11.6 Å². The minimum atomic E-state index is -0.422. The van der Waals surface area contributed by atoms with Crippen LogP contribution in [0.2, 0.25) is 0 Å². The second-order valence-corrected chi connectivity index (χ2v) is 3.89. The molecule has 0 aliphatic heterocycles. The summed E-state index contributed by atoms with van der Waals surface area (Å²) in [6, 6.07) is 3.80. The first-order chi connectivity index (χ1) is 6.72. The van der Waals surface area contributed by atoms with Gasteiger partial charge in [-0.3, -0.25) is 0 Å². The number of carbonyl (C=O) groups is 1. The maximum absolute atomic E-state index is 11.3. The third-order valence-corrected chi connectivity index (χ3v) is 2.47. The summed E-state index contributed by atoms with van der Waals surface area (Å²) in [5, 5.41) is 0.963. The van der Waals surface area contributed by atoms with Crippen molar-refractivity contribution in [2.24, 2.45) is 0 Å². The minimum absolute atomic E-state index is 0.327. The van der Waals surface area contributed by atoms with Gasteiger partial charge in [-0.1, -0.05) is 0 Å². The van der Waals surface area contributed by atoms with Gasteiger partial charge in [-0.05, 0) is 34.7 Å². The first-order valence-electron chi connectivity index (χ1n) is 3.94. The first kappa shape index (κ1) is 9.45. The Morgan fingerprint density at radius 2 is 2.43 bits per heavy atom. The highest BCUT2D eigenvalue weighted by Crippen LogP contribution is 2.19.